The van der Waals surface area contributed by atoms with Crippen LogP contribution in [-0.2, 0) is 15.7 Å². The summed E-state index contributed by atoms with van der Waals surface area (Å²) in [5, 5.41) is 3.48. The third kappa shape index (κ3) is 8.98. The lowest BCUT2D eigenvalue weighted by Crippen LogP contribution is -2.46. The Labute approximate surface area is 275 Å². The quantitative estimate of drug-likeness (QED) is 0.155. The van der Waals surface area contributed by atoms with Crippen LogP contribution in [0.5, 0.6) is 5.75 Å². The standard InChI is InChI=1S/C33H39F5N3O4PS/c1-32(2,3)45-31(42)41(25-13-14-26(46(6,7)43)28(35)29(25)44-5)16-9-12-27-21(18-33(36,37)38)20-10-8-11-24(30(20)47-27)39-23-15-17-40(4)19-22(23)34/h8,10-11,13-14,22-23,39H,15-19H2,1-7H3/t22-,23+/m0/s1. The molecule has 1 aromatic heterocycles. The SMILES string of the molecule is COc1c(N(CC#Cc2sc3c(N[C@@H]4CCN(C)C[C@@H]4F)cccc3c2CC(F)(F)F)C(=O)OC(C)(C)C)ccc(P(C)(C)=O)c1F. The molecule has 4 rings (SSSR count). The van der Waals surface area contributed by atoms with Crippen LogP contribution in [0.25, 0.3) is 10.1 Å². The van der Waals surface area contributed by atoms with Crippen molar-refractivity contribution in [3.05, 3.63) is 46.6 Å². The molecule has 1 saturated heterocycles. The Morgan fingerprint density at radius 3 is 2.49 bits per heavy atom. The molecule has 2 atom stereocenters. The minimum atomic E-state index is -4.54. The molecule has 1 amide bonds. The van der Waals surface area contributed by atoms with Crippen molar-refractivity contribution >= 4 is 51.3 Å². The monoisotopic (exact) mass is 699 g/mol. The molecule has 3 aromatic rings. The van der Waals surface area contributed by atoms with Crippen molar-refractivity contribution in [3.8, 4) is 17.6 Å². The number of halogens is 5. The van der Waals surface area contributed by atoms with Gasteiger partial charge in [-0.2, -0.15) is 13.2 Å². The van der Waals surface area contributed by atoms with Gasteiger partial charge in [-0.15, -0.1) is 11.3 Å². The van der Waals surface area contributed by atoms with Gasteiger partial charge in [-0.25, -0.2) is 13.6 Å². The molecule has 14 heteroatoms. The predicted octanol–water partition coefficient (Wildman–Crippen LogP) is 7.65. The maximum absolute atomic E-state index is 15.5. The zero-order valence-electron chi connectivity index (χ0n) is 27.3. The van der Waals surface area contributed by atoms with E-state index in [1.807, 2.05) is 11.9 Å². The molecule has 0 radical (unpaired) electrons. The molecule has 1 fully saturated rings. The molecule has 1 aliphatic heterocycles. The van der Waals surface area contributed by atoms with Crippen molar-refractivity contribution < 1.29 is 40.8 Å². The van der Waals surface area contributed by atoms with Gasteiger partial charge in [0, 0.05) is 13.1 Å². The van der Waals surface area contributed by atoms with Crippen LogP contribution in [0.1, 0.15) is 37.6 Å². The number of nitrogens with zero attached hydrogens (tertiary/aromatic N) is 2. The van der Waals surface area contributed by atoms with Gasteiger partial charge in [-0.05, 0) is 76.7 Å². The number of likely N-dealkylation sites (tertiary alicyclic amines) is 1. The van der Waals surface area contributed by atoms with Gasteiger partial charge in [0.25, 0.3) is 0 Å². The molecule has 0 unspecified atom stereocenters. The van der Waals surface area contributed by atoms with Gasteiger partial charge in [-0.3, -0.25) is 4.90 Å². The Balaban J connectivity index is 1.77. The lowest BCUT2D eigenvalue weighted by Gasteiger charge is -2.33. The first kappa shape index (κ1) is 36.5. The minimum Gasteiger partial charge on any atom is -0.492 e. The zero-order valence-corrected chi connectivity index (χ0v) is 29.1. The molecule has 0 spiro atoms. The van der Waals surface area contributed by atoms with Gasteiger partial charge < -0.3 is 24.3 Å². The summed E-state index contributed by atoms with van der Waals surface area (Å²) in [5.41, 5.74) is -0.519. The number of methoxy groups -OCH3 is 1. The van der Waals surface area contributed by atoms with Crippen LogP contribution in [0.2, 0.25) is 0 Å². The highest BCUT2D eigenvalue weighted by Gasteiger charge is 2.33. The number of alkyl halides is 4. The molecule has 0 bridgehead atoms. The van der Waals surface area contributed by atoms with Crippen LogP contribution >= 0.6 is 18.5 Å². The number of hydrogen-bond acceptors (Lipinski definition) is 7. The van der Waals surface area contributed by atoms with Crippen molar-refractivity contribution in [1.82, 2.24) is 4.90 Å². The van der Waals surface area contributed by atoms with E-state index in [1.54, 1.807) is 39.0 Å². The Bertz CT molecular complexity index is 1740. The second kappa shape index (κ2) is 14.0. The first-order valence-electron chi connectivity index (χ1n) is 14.9. The molecule has 1 N–H and O–H groups in total. The van der Waals surface area contributed by atoms with Crippen molar-refractivity contribution in [2.45, 2.75) is 57.6 Å². The van der Waals surface area contributed by atoms with E-state index in [-0.39, 0.29) is 33.7 Å². The van der Waals surface area contributed by atoms with Gasteiger partial charge in [0.15, 0.2) is 11.6 Å². The summed E-state index contributed by atoms with van der Waals surface area (Å²) in [5.74, 6) is 4.33. The van der Waals surface area contributed by atoms with E-state index in [1.165, 1.54) is 32.6 Å². The highest BCUT2D eigenvalue weighted by molar-refractivity contribution is 7.70. The Kier molecular flexibility index (Phi) is 10.9. The summed E-state index contributed by atoms with van der Waals surface area (Å²) in [6, 6.07) is 7.07. The third-order valence-corrected chi connectivity index (χ3v) is 10.2. The van der Waals surface area contributed by atoms with E-state index in [2.05, 4.69) is 17.2 Å². The molecule has 0 aliphatic carbocycles. The molecule has 2 heterocycles. The van der Waals surface area contributed by atoms with Crippen LogP contribution in [0.4, 0.5) is 38.1 Å². The van der Waals surface area contributed by atoms with Crippen molar-refractivity contribution in [2.75, 3.05) is 57.3 Å². The Morgan fingerprint density at radius 2 is 1.89 bits per heavy atom. The number of amides is 1. The van der Waals surface area contributed by atoms with E-state index in [4.69, 9.17) is 9.47 Å². The molecule has 1 aliphatic rings. The van der Waals surface area contributed by atoms with Crippen molar-refractivity contribution in [2.24, 2.45) is 0 Å². The zero-order chi connectivity index (χ0) is 34.9. The van der Waals surface area contributed by atoms with Gasteiger partial charge in [0.05, 0.1) is 52.4 Å². The Hall–Kier alpha value is -3.33. The molecule has 7 nitrogen and oxygen atoms in total. The number of fused-ring (bicyclic) bond motifs is 1. The topological polar surface area (TPSA) is 71.1 Å². The molecule has 47 heavy (non-hydrogen) atoms. The van der Waals surface area contributed by atoms with Gasteiger partial charge in [-0.1, -0.05) is 24.0 Å². The van der Waals surface area contributed by atoms with Crippen LogP contribution in [0, 0.1) is 17.7 Å². The van der Waals surface area contributed by atoms with Crippen LogP contribution in [-0.4, -0.2) is 82.1 Å². The molecule has 2 aromatic carbocycles. The number of rotatable bonds is 7. The number of piperidine rings is 1. The van der Waals surface area contributed by atoms with Crippen LogP contribution < -0.4 is 20.3 Å². The molecule has 256 valence electrons. The fraction of sp³-hybridized carbons (Fsp3) is 0.485. The number of carbonyl (C=O) groups is 1. The largest absolute Gasteiger partial charge is 0.492 e. The second-order valence-electron chi connectivity index (χ2n) is 12.9. The lowest BCUT2D eigenvalue weighted by molar-refractivity contribution is -0.126. The minimum absolute atomic E-state index is 0.0349. The number of thiophene rings is 1. The predicted molar refractivity (Wildman–Crippen MR) is 179 cm³/mol. The fourth-order valence-corrected chi connectivity index (χ4v) is 7.48. The van der Waals surface area contributed by atoms with Crippen LogP contribution in [0.3, 0.4) is 0 Å². The number of nitrogens with one attached hydrogen (secondary N) is 1. The van der Waals surface area contributed by atoms with E-state index in [0.717, 1.165) is 16.2 Å². The highest BCUT2D eigenvalue weighted by atomic mass is 32.1. The summed E-state index contributed by atoms with van der Waals surface area (Å²) >= 11 is 1.04. The summed E-state index contributed by atoms with van der Waals surface area (Å²) in [6.07, 6.45) is -7.31. The number of ether oxygens (including phenoxy) is 2. The average Bonchev–Trinajstić information content (AvgIpc) is 3.27. The lowest BCUT2D eigenvalue weighted by atomic mass is 10.0. The first-order valence-corrected chi connectivity index (χ1v) is 18.3. The summed E-state index contributed by atoms with van der Waals surface area (Å²) in [7, 11) is -0.0317. The third-order valence-electron chi connectivity index (χ3n) is 7.46. The second-order valence-corrected chi connectivity index (χ2v) is 17.1. The maximum atomic E-state index is 15.5. The van der Waals surface area contributed by atoms with Crippen molar-refractivity contribution in [3.63, 3.8) is 0 Å². The summed E-state index contributed by atoms with van der Waals surface area (Å²) < 4.78 is 95.8. The fourth-order valence-electron chi connectivity index (χ4n) is 5.30. The van der Waals surface area contributed by atoms with Gasteiger partial charge in [0.2, 0.25) is 0 Å². The number of carbonyl (C=O) groups excluding carboxylic acids is 1. The van der Waals surface area contributed by atoms with E-state index in [9.17, 15) is 26.9 Å². The van der Waals surface area contributed by atoms with Crippen molar-refractivity contribution in [1.29, 1.82) is 0 Å². The van der Waals surface area contributed by atoms with E-state index < -0.39 is 56.0 Å². The summed E-state index contributed by atoms with van der Waals surface area (Å²) in [6.45, 7) is 8.25. The number of anilines is 2. The molecular weight excluding hydrogens is 660 g/mol. The first-order chi connectivity index (χ1) is 21.8. The van der Waals surface area contributed by atoms with Gasteiger partial charge in [0.1, 0.15) is 18.9 Å². The van der Waals surface area contributed by atoms with Crippen LogP contribution in [0.15, 0.2) is 30.3 Å². The maximum Gasteiger partial charge on any atom is 0.415 e. The smallest absolute Gasteiger partial charge is 0.415 e. The number of benzene rings is 2. The highest BCUT2D eigenvalue weighted by Crippen LogP contribution is 2.42. The van der Waals surface area contributed by atoms with Gasteiger partial charge >= 0.3 is 12.3 Å². The Morgan fingerprint density at radius 1 is 1.19 bits per heavy atom. The number of hydrogen-bond donors (Lipinski definition) is 1. The average molecular weight is 700 g/mol. The van der Waals surface area contributed by atoms with E-state index >= 15 is 4.39 Å². The summed E-state index contributed by atoms with van der Waals surface area (Å²) in [4.78, 5) is 16.4. The molecular formula is C33H39F5N3O4PS. The molecule has 0 saturated carbocycles. The van der Waals surface area contributed by atoms with E-state index in [0.29, 0.717) is 28.7 Å². The normalized spacial score (nSPS) is 17.6.